The first kappa shape index (κ1) is 17.9. The Balaban J connectivity index is 1.99. The number of nitrogens with one attached hydrogen (secondary N) is 1. The fourth-order valence-electron chi connectivity index (χ4n) is 2.94. The van der Waals surface area contributed by atoms with E-state index >= 15 is 0 Å². The molecule has 2 aromatic rings. The first-order chi connectivity index (χ1) is 12.2. The van der Waals surface area contributed by atoms with Crippen LogP contribution in [0.2, 0.25) is 0 Å². The molecule has 2 atom stereocenters. The molecule has 0 bridgehead atoms. The predicted octanol–water partition coefficient (Wildman–Crippen LogP) is 1.93. The molecule has 136 valence electrons. The summed E-state index contributed by atoms with van der Waals surface area (Å²) in [7, 11) is 0. The van der Waals surface area contributed by atoms with E-state index in [2.05, 4.69) is 5.32 Å². The third-order valence-corrected chi connectivity index (χ3v) is 4.42. The average Bonchev–Trinajstić information content (AvgIpc) is 2.58. The van der Waals surface area contributed by atoms with Gasteiger partial charge in [0.1, 0.15) is 23.3 Å². The van der Waals surface area contributed by atoms with Crippen molar-refractivity contribution in [1.29, 1.82) is 0 Å². The number of halogens is 1. The van der Waals surface area contributed by atoms with Crippen LogP contribution >= 0.6 is 0 Å². The molecule has 0 aromatic heterocycles. The van der Waals surface area contributed by atoms with E-state index in [1.165, 1.54) is 36.4 Å². The Morgan fingerprint density at radius 2 is 1.77 bits per heavy atom. The number of fused-ring (bicyclic) bond motifs is 1. The third kappa shape index (κ3) is 3.25. The van der Waals surface area contributed by atoms with Gasteiger partial charge < -0.3 is 20.9 Å². The van der Waals surface area contributed by atoms with Crippen molar-refractivity contribution in [2.24, 2.45) is 5.73 Å². The molecule has 1 aliphatic rings. The summed E-state index contributed by atoms with van der Waals surface area (Å²) in [6, 6.07) is 8.83. The number of primary amides is 1. The monoisotopic (exact) mass is 358 g/mol. The van der Waals surface area contributed by atoms with E-state index in [0.29, 0.717) is 11.3 Å². The quantitative estimate of drug-likeness (QED) is 0.780. The third-order valence-electron chi connectivity index (χ3n) is 4.42. The second-order valence-corrected chi connectivity index (χ2v) is 6.73. The molecule has 0 saturated heterocycles. The average molecular weight is 358 g/mol. The molecule has 0 spiro atoms. The number of hydrogen-bond acceptors (Lipinski definition) is 4. The van der Waals surface area contributed by atoms with Crippen molar-refractivity contribution in [3.8, 4) is 5.75 Å². The smallest absolute Gasteiger partial charge is 0.251 e. The van der Waals surface area contributed by atoms with Gasteiger partial charge in [-0.15, -0.1) is 0 Å². The topological polar surface area (TPSA) is 102 Å². The molecule has 0 aliphatic carbocycles. The molecular weight excluding hydrogens is 339 g/mol. The highest BCUT2D eigenvalue weighted by Crippen LogP contribution is 2.40. The summed E-state index contributed by atoms with van der Waals surface area (Å²) in [5.41, 5.74) is 5.28. The first-order valence-corrected chi connectivity index (χ1v) is 8.06. The standard InChI is InChI=1S/C19H19FN2O4/c1-19(2)16(23)15(22-18(25)10-3-6-12(20)7-4-10)13-9-11(17(21)24)5-8-14(13)26-19/h3-9,15-16,23H,1-2H3,(H2,21,24)(H,22,25)/t15-,16+/m1/s1. The van der Waals surface area contributed by atoms with Crippen molar-refractivity contribution in [2.45, 2.75) is 31.6 Å². The Kier molecular flexibility index (Phi) is 4.41. The number of aliphatic hydroxyl groups excluding tert-OH is 1. The van der Waals surface area contributed by atoms with Crippen LogP contribution in [0.25, 0.3) is 0 Å². The lowest BCUT2D eigenvalue weighted by atomic mass is 9.85. The maximum atomic E-state index is 13.1. The van der Waals surface area contributed by atoms with Crippen LogP contribution in [-0.4, -0.2) is 28.6 Å². The summed E-state index contributed by atoms with van der Waals surface area (Å²) in [4.78, 5) is 24.0. The van der Waals surface area contributed by atoms with E-state index in [4.69, 9.17) is 10.5 Å². The molecule has 7 heteroatoms. The highest BCUT2D eigenvalue weighted by atomic mass is 19.1. The Morgan fingerprint density at radius 3 is 2.38 bits per heavy atom. The molecule has 1 heterocycles. The zero-order valence-corrected chi connectivity index (χ0v) is 14.3. The van der Waals surface area contributed by atoms with Crippen LogP contribution in [0.1, 0.15) is 46.2 Å². The van der Waals surface area contributed by atoms with Gasteiger partial charge >= 0.3 is 0 Å². The van der Waals surface area contributed by atoms with Gasteiger partial charge in [0.25, 0.3) is 5.91 Å². The van der Waals surface area contributed by atoms with Gasteiger partial charge in [-0.1, -0.05) is 0 Å². The summed E-state index contributed by atoms with van der Waals surface area (Å²) in [5, 5.41) is 13.4. The van der Waals surface area contributed by atoms with E-state index in [9.17, 15) is 19.1 Å². The number of amides is 2. The van der Waals surface area contributed by atoms with Gasteiger partial charge in [-0.3, -0.25) is 9.59 Å². The first-order valence-electron chi connectivity index (χ1n) is 8.06. The van der Waals surface area contributed by atoms with E-state index < -0.39 is 35.4 Å². The number of ether oxygens (including phenoxy) is 1. The van der Waals surface area contributed by atoms with Crippen LogP contribution in [0.5, 0.6) is 5.75 Å². The number of rotatable bonds is 3. The van der Waals surface area contributed by atoms with Gasteiger partial charge in [-0.05, 0) is 56.3 Å². The molecule has 0 fully saturated rings. The van der Waals surface area contributed by atoms with Crippen LogP contribution in [0.4, 0.5) is 4.39 Å². The number of aliphatic hydroxyl groups is 1. The fourth-order valence-corrected chi connectivity index (χ4v) is 2.94. The molecule has 2 aromatic carbocycles. The van der Waals surface area contributed by atoms with Gasteiger partial charge in [0.15, 0.2) is 0 Å². The minimum Gasteiger partial charge on any atom is -0.485 e. The van der Waals surface area contributed by atoms with Gasteiger partial charge in [-0.2, -0.15) is 0 Å². The predicted molar refractivity (Wildman–Crippen MR) is 92.3 cm³/mol. The molecule has 0 unspecified atom stereocenters. The molecule has 26 heavy (non-hydrogen) atoms. The Bertz CT molecular complexity index is 864. The van der Waals surface area contributed by atoms with E-state index in [1.807, 2.05) is 0 Å². The van der Waals surface area contributed by atoms with Crippen LogP contribution in [-0.2, 0) is 0 Å². The highest BCUT2D eigenvalue weighted by molar-refractivity contribution is 5.95. The van der Waals surface area contributed by atoms with E-state index in [0.717, 1.165) is 0 Å². The van der Waals surface area contributed by atoms with E-state index in [-0.39, 0.29) is 11.1 Å². The number of carbonyl (C=O) groups excluding carboxylic acids is 2. The minimum atomic E-state index is -1.08. The van der Waals surface area contributed by atoms with Crippen molar-refractivity contribution in [1.82, 2.24) is 5.32 Å². The number of nitrogens with two attached hydrogens (primary N) is 1. The molecule has 1 aliphatic heterocycles. The second kappa shape index (κ2) is 6.42. The van der Waals surface area contributed by atoms with Crippen molar-refractivity contribution >= 4 is 11.8 Å². The lowest BCUT2D eigenvalue weighted by Gasteiger charge is -2.42. The second-order valence-electron chi connectivity index (χ2n) is 6.73. The van der Waals surface area contributed by atoms with Gasteiger partial charge in [0.05, 0.1) is 6.04 Å². The molecule has 2 amide bonds. The maximum Gasteiger partial charge on any atom is 0.251 e. The van der Waals surface area contributed by atoms with Crippen molar-refractivity contribution in [3.05, 3.63) is 65.0 Å². The summed E-state index contributed by atoms with van der Waals surface area (Å²) in [5.74, 6) is -1.13. The summed E-state index contributed by atoms with van der Waals surface area (Å²) in [6.45, 7) is 3.39. The summed E-state index contributed by atoms with van der Waals surface area (Å²) >= 11 is 0. The Labute approximate surface area is 149 Å². The summed E-state index contributed by atoms with van der Waals surface area (Å²) < 4.78 is 18.9. The van der Waals surface area contributed by atoms with Crippen LogP contribution in [0.3, 0.4) is 0 Å². The SMILES string of the molecule is CC1(C)Oc2ccc(C(N)=O)cc2[C@@H](NC(=O)c2ccc(F)cc2)[C@@H]1O. The van der Waals surface area contributed by atoms with Crippen molar-refractivity contribution in [3.63, 3.8) is 0 Å². The lowest BCUT2D eigenvalue weighted by Crippen LogP contribution is -2.53. The number of benzene rings is 2. The molecule has 3 rings (SSSR count). The fraction of sp³-hybridized carbons (Fsp3) is 0.263. The van der Waals surface area contributed by atoms with Gasteiger partial charge in [0, 0.05) is 16.7 Å². The van der Waals surface area contributed by atoms with Crippen molar-refractivity contribution < 1.29 is 23.8 Å². The summed E-state index contributed by atoms with van der Waals surface area (Å²) in [6.07, 6.45) is -1.08. The highest BCUT2D eigenvalue weighted by Gasteiger charge is 2.43. The zero-order chi connectivity index (χ0) is 19.1. The molecule has 6 nitrogen and oxygen atoms in total. The number of carbonyl (C=O) groups is 2. The zero-order valence-electron chi connectivity index (χ0n) is 14.3. The van der Waals surface area contributed by atoms with Crippen LogP contribution in [0, 0.1) is 5.82 Å². The lowest BCUT2D eigenvalue weighted by molar-refractivity contribution is -0.0627. The Hall–Kier alpha value is -2.93. The maximum absolute atomic E-state index is 13.1. The Morgan fingerprint density at radius 1 is 1.15 bits per heavy atom. The molecular formula is C19H19FN2O4. The van der Waals surface area contributed by atoms with Gasteiger partial charge in [0.2, 0.25) is 5.91 Å². The minimum absolute atomic E-state index is 0.236. The molecule has 0 radical (unpaired) electrons. The van der Waals surface area contributed by atoms with Gasteiger partial charge in [-0.25, -0.2) is 4.39 Å². The molecule has 4 N–H and O–H groups in total. The normalized spacial score (nSPS) is 20.6. The van der Waals surface area contributed by atoms with Crippen molar-refractivity contribution in [2.75, 3.05) is 0 Å². The number of hydrogen-bond donors (Lipinski definition) is 3. The molecule has 0 saturated carbocycles. The van der Waals surface area contributed by atoms with Crippen LogP contribution < -0.4 is 15.8 Å². The van der Waals surface area contributed by atoms with Crippen LogP contribution in [0.15, 0.2) is 42.5 Å². The largest absolute Gasteiger partial charge is 0.485 e. The van der Waals surface area contributed by atoms with E-state index in [1.54, 1.807) is 19.9 Å².